The van der Waals surface area contributed by atoms with E-state index in [1.54, 1.807) is 0 Å². The zero-order valence-corrected chi connectivity index (χ0v) is 73.1. The van der Waals surface area contributed by atoms with Crippen molar-refractivity contribution in [3.05, 3.63) is 0 Å². The van der Waals surface area contributed by atoms with Crippen LogP contribution in [0.2, 0.25) is 0 Å². The fourth-order valence-electron chi connectivity index (χ4n) is 13.9. The Labute approximate surface area is 664 Å². The summed E-state index contributed by atoms with van der Waals surface area (Å²) in [5, 5.41) is 10.7. The molecule has 0 aliphatic heterocycles. The Kier molecular flexibility index (Phi) is 77.5. The summed E-state index contributed by atoms with van der Waals surface area (Å²) in [4.78, 5) is 73.3. The molecule has 0 spiro atoms. The zero-order chi connectivity index (χ0) is 79.3. The molecule has 3 unspecified atom stereocenters. The highest BCUT2D eigenvalue weighted by Crippen LogP contribution is 2.45. The van der Waals surface area contributed by atoms with E-state index in [0.29, 0.717) is 25.7 Å². The van der Waals surface area contributed by atoms with Crippen LogP contribution in [-0.2, 0) is 65.4 Å². The van der Waals surface area contributed by atoms with Gasteiger partial charge in [-0.1, -0.05) is 421 Å². The predicted molar refractivity (Wildman–Crippen MR) is 446 cm³/mol. The van der Waals surface area contributed by atoms with Gasteiger partial charge in [-0.25, -0.2) is 9.13 Å². The molecule has 0 aromatic heterocycles. The summed E-state index contributed by atoms with van der Waals surface area (Å²) in [7, 11) is -9.93. The van der Waals surface area contributed by atoms with E-state index in [4.69, 9.17) is 37.0 Å². The second-order valence-electron chi connectivity index (χ2n) is 33.2. The fourth-order valence-corrected chi connectivity index (χ4v) is 15.4. The first-order chi connectivity index (χ1) is 52.3. The van der Waals surface area contributed by atoms with Gasteiger partial charge in [-0.05, 0) is 43.4 Å². The lowest BCUT2D eigenvalue weighted by Gasteiger charge is -2.21. The molecule has 0 aliphatic carbocycles. The molecule has 0 aromatic carbocycles. The van der Waals surface area contributed by atoms with Crippen LogP contribution in [0.5, 0.6) is 0 Å². The molecule has 0 amide bonds. The number of aliphatic hydroxyl groups excluding tert-OH is 1. The van der Waals surface area contributed by atoms with E-state index >= 15 is 0 Å². The van der Waals surface area contributed by atoms with Gasteiger partial charge in [0.1, 0.15) is 19.3 Å². The van der Waals surface area contributed by atoms with Crippen LogP contribution in [0.25, 0.3) is 0 Å². The van der Waals surface area contributed by atoms with Crippen molar-refractivity contribution in [1.29, 1.82) is 0 Å². The summed E-state index contributed by atoms with van der Waals surface area (Å²) in [6.07, 6.45) is 70.9. The van der Waals surface area contributed by atoms with E-state index in [9.17, 15) is 43.2 Å². The van der Waals surface area contributed by atoms with Gasteiger partial charge < -0.3 is 33.8 Å². The molecule has 0 bridgehead atoms. The Morgan fingerprint density at radius 3 is 0.704 bits per heavy atom. The standard InChI is InChI=1S/C89H174O17P2/c1-8-10-11-12-13-14-15-16-17-18-22-29-34-39-44-49-58-66-73-89(94)106-85(77-100-87(92)71-64-57-52-51-55-62-69-82(7)9-2)79-104-108(97,98)102-75-83(90)74-101-107(95,96)103-78-84(76-99-86(91)70-63-56-48-43-38-33-28-25-24-27-32-37-42-47-54-61-68-81(5)6)105-88(93)72-65-59-50-45-40-35-30-23-20-19-21-26-31-36-41-46-53-60-67-80(3)4/h80-85,90H,8-79H2,1-7H3,(H,95,96)(H,97,98)/t82?,83-,84-,85-/m1/s1. The molecule has 3 N–H and O–H groups in total. The van der Waals surface area contributed by atoms with Crippen LogP contribution in [0, 0.1) is 17.8 Å². The molecule has 0 heterocycles. The molecule has 0 aromatic rings. The minimum Gasteiger partial charge on any atom is -0.462 e. The SMILES string of the molecule is CCCCCCCCCCCCCCCCCCCCC(=O)O[C@H](COC(=O)CCCCCCCCC(C)CC)COP(=O)(O)OC[C@H](O)COP(=O)(O)OC[C@@H](COC(=O)CCCCCCCCCCCCCCCCCCC(C)C)OC(=O)CCCCCCCCCCCCCCCCCCCCC(C)C. The molecule has 0 saturated carbocycles. The first-order valence-electron chi connectivity index (χ1n) is 45.9. The van der Waals surface area contributed by atoms with Gasteiger partial charge in [0.2, 0.25) is 0 Å². The largest absolute Gasteiger partial charge is 0.472 e. The van der Waals surface area contributed by atoms with E-state index < -0.39 is 97.5 Å². The Bertz CT molecular complexity index is 2080. The van der Waals surface area contributed by atoms with Crippen LogP contribution < -0.4 is 0 Å². The molecule has 0 aliphatic rings. The third kappa shape index (κ3) is 80.7. The molecule has 108 heavy (non-hydrogen) atoms. The monoisotopic (exact) mass is 1580 g/mol. The smallest absolute Gasteiger partial charge is 0.462 e. The van der Waals surface area contributed by atoms with Gasteiger partial charge in [0.15, 0.2) is 12.2 Å². The number of aliphatic hydroxyl groups is 1. The lowest BCUT2D eigenvalue weighted by molar-refractivity contribution is -0.161. The number of phosphoric acid groups is 2. The van der Waals surface area contributed by atoms with Gasteiger partial charge in [-0.2, -0.15) is 0 Å². The fraction of sp³-hybridized carbons (Fsp3) is 0.955. The third-order valence-electron chi connectivity index (χ3n) is 21.2. The summed E-state index contributed by atoms with van der Waals surface area (Å²) in [6, 6.07) is 0. The van der Waals surface area contributed by atoms with Gasteiger partial charge in [0.25, 0.3) is 0 Å². The van der Waals surface area contributed by atoms with Crippen molar-refractivity contribution in [2.75, 3.05) is 39.6 Å². The number of carbonyl (C=O) groups is 4. The van der Waals surface area contributed by atoms with Crippen LogP contribution in [0.15, 0.2) is 0 Å². The minimum absolute atomic E-state index is 0.108. The van der Waals surface area contributed by atoms with Crippen molar-refractivity contribution < 1.29 is 80.2 Å². The Morgan fingerprint density at radius 1 is 0.269 bits per heavy atom. The molecular weight excluding hydrogens is 1400 g/mol. The Morgan fingerprint density at radius 2 is 0.472 bits per heavy atom. The maximum Gasteiger partial charge on any atom is 0.472 e. The summed E-state index contributed by atoms with van der Waals surface area (Å²) < 4.78 is 69.0. The van der Waals surface area contributed by atoms with Crippen LogP contribution in [-0.4, -0.2) is 96.7 Å². The number of esters is 4. The summed E-state index contributed by atoms with van der Waals surface area (Å²) in [6.45, 7) is 12.0. The topological polar surface area (TPSA) is 237 Å². The quantitative estimate of drug-likeness (QED) is 0.0222. The van der Waals surface area contributed by atoms with Gasteiger partial charge in [0.05, 0.1) is 26.4 Å². The minimum atomic E-state index is -4.97. The number of phosphoric ester groups is 2. The molecule has 0 rings (SSSR count). The average Bonchev–Trinajstić information content (AvgIpc) is 0.900. The zero-order valence-electron chi connectivity index (χ0n) is 71.3. The highest BCUT2D eigenvalue weighted by atomic mass is 31.2. The lowest BCUT2D eigenvalue weighted by Crippen LogP contribution is -2.30. The maximum absolute atomic E-state index is 13.2. The molecule has 17 nitrogen and oxygen atoms in total. The highest BCUT2D eigenvalue weighted by Gasteiger charge is 2.31. The van der Waals surface area contributed by atoms with Crippen molar-refractivity contribution in [1.82, 2.24) is 0 Å². The number of unbranched alkanes of at least 4 members (excludes halogenated alkanes) is 54. The van der Waals surface area contributed by atoms with Crippen molar-refractivity contribution >= 4 is 39.5 Å². The van der Waals surface area contributed by atoms with E-state index in [1.165, 1.54) is 276 Å². The van der Waals surface area contributed by atoms with Crippen LogP contribution >= 0.6 is 15.6 Å². The van der Waals surface area contributed by atoms with E-state index in [0.717, 1.165) is 114 Å². The second-order valence-corrected chi connectivity index (χ2v) is 36.1. The average molecular weight is 1580 g/mol. The van der Waals surface area contributed by atoms with Crippen molar-refractivity contribution in [2.45, 2.75) is 491 Å². The van der Waals surface area contributed by atoms with Crippen LogP contribution in [0.1, 0.15) is 472 Å². The van der Waals surface area contributed by atoms with Crippen LogP contribution in [0.3, 0.4) is 0 Å². The number of hydrogen-bond donors (Lipinski definition) is 3. The summed E-state index contributed by atoms with van der Waals surface area (Å²) >= 11 is 0. The lowest BCUT2D eigenvalue weighted by atomic mass is 10.00. The van der Waals surface area contributed by atoms with Gasteiger partial charge in [0, 0.05) is 25.7 Å². The maximum atomic E-state index is 13.2. The second kappa shape index (κ2) is 78.9. The summed E-state index contributed by atoms with van der Waals surface area (Å²) in [5.74, 6) is 0.262. The molecule has 0 radical (unpaired) electrons. The van der Waals surface area contributed by atoms with Crippen LogP contribution in [0.4, 0.5) is 0 Å². The Hall–Kier alpha value is -1.94. The number of rotatable bonds is 87. The Balaban J connectivity index is 5.23. The predicted octanol–water partition coefficient (Wildman–Crippen LogP) is 27.3. The van der Waals surface area contributed by atoms with Crippen molar-refractivity contribution in [3.8, 4) is 0 Å². The number of hydrogen-bond acceptors (Lipinski definition) is 15. The molecule has 0 fully saturated rings. The first kappa shape index (κ1) is 106. The number of carbonyl (C=O) groups excluding carboxylic acids is 4. The van der Waals surface area contributed by atoms with Gasteiger partial charge in [-0.15, -0.1) is 0 Å². The third-order valence-corrected chi connectivity index (χ3v) is 23.1. The molecule has 19 heteroatoms. The normalized spacial score (nSPS) is 14.1. The van der Waals surface area contributed by atoms with Crippen molar-refractivity contribution in [2.24, 2.45) is 17.8 Å². The van der Waals surface area contributed by atoms with E-state index in [-0.39, 0.29) is 25.7 Å². The molecule has 642 valence electrons. The molecule has 0 saturated heterocycles. The first-order valence-corrected chi connectivity index (χ1v) is 48.9. The van der Waals surface area contributed by atoms with E-state index in [1.807, 2.05) is 0 Å². The van der Waals surface area contributed by atoms with Gasteiger partial charge in [-0.3, -0.25) is 37.3 Å². The number of ether oxygens (including phenoxy) is 4. The van der Waals surface area contributed by atoms with Gasteiger partial charge >= 0.3 is 39.5 Å². The highest BCUT2D eigenvalue weighted by molar-refractivity contribution is 7.47. The summed E-state index contributed by atoms with van der Waals surface area (Å²) in [5.41, 5.74) is 0. The molecule has 6 atom stereocenters. The van der Waals surface area contributed by atoms with E-state index in [2.05, 4.69) is 48.5 Å². The van der Waals surface area contributed by atoms with Crippen molar-refractivity contribution in [3.63, 3.8) is 0 Å². The molecular formula is C89H174O17P2.